The van der Waals surface area contributed by atoms with Crippen molar-refractivity contribution in [1.29, 1.82) is 0 Å². The normalized spacial score (nSPS) is 10.1. The fourth-order valence-corrected chi connectivity index (χ4v) is 1.69. The SMILES string of the molecule is COC(=O)c1ccc(O)c(F)c1OCc1ccccc1. The van der Waals surface area contributed by atoms with Gasteiger partial charge in [-0.3, -0.25) is 0 Å². The lowest BCUT2D eigenvalue weighted by Crippen LogP contribution is -2.07. The van der Waals surface area contributed by atoms with Gasteiger partial charge in [0.2, 0.25) is 5.82 Å². The van der Waals surface area contributed by atoms with Gasteiger partial charge in [-0.05, 0) is 17.7 Å². The number of carbonyl (C=O) groups is 1. The van der Waals surface area contributed by atoms with Gasteiger partial charge in [-0.1, -0.05) is 30.3 Å². The molecular weight excluding hydrogens is 263 g/mol. The van der Waals surface area contributed by atoms with Crippen LogP contribution in [-0.4, -0.2) is 18.2 Å². The second-order valence-corrected chi connectivity index (χ2v) is 4.04. The number of esters is 1. The molecule has 0 saturated heterocycles. The van der Waals surface area contributed by atoms with Crippen LogP contribution in [0.4, 0.5) is 4.39 Å². The largest absolute Gasteiger partial charge is 0.505 e. The van der Waals surface area contributed by atoms with E-state index < -0.39 is 17.5 Å². The molecule has 0 amide bonds. The summed E-state index contributed by atoms with van der Waals surface area (Å²) in [5, 5.41) is 9.37. The Kier molecular flexibility index (Phi) is 4.20. The Hall–Kier alpha value is -2.56. The summed E-state index contributed by atoms with van der Waals surface area (Å²) in [6, 6.07) is 11.4. The first-order valence-corrected chi connectivity index (χ1v) is 5.90. The number of phenols is 1. The molecule has 0 unspecified atom stereocenters. The fourth-order valence-electron chi connectivity index (χ4n) is 1.69. The molecule has 1 N–H and O–H groups in total. The van der Waals surface area contributed by atoms with E-state index in [-0.39, 0.29) is 17.9 Å². The van der Waals surface area contributed by atoms with E-state index in [1.807, 2.05) is 18.2 Å². The maximum Gasteiger partial charge on any atom is 0.341 e. The maximum absolute atomic E-state index is 13.9. The zero-order valence-electron chi connectivity index (χ0n) is 10.8. The van der Waals surface area contributed by atoms with Gasteiger partial charge >= 0.3 is 5.97 Å². The van der Waals surface area contributed by atoms with Gasteiger partial charge in [-0.2, -0.15) is 4.39 Å². The monoisotopic (exact) mass is 276 g/mol. The van der Waals surface area contributed by atoms with Gasteiger partial charge in [0.15, 0.2) is 11.5 Å². The zero-order chi connectivity index (χ0) is 14.5. The molecule has 2 aromatic carbocycles. The van der Waals surface area contributed by atoms with E-state index in [1.165, 1.54) is 13.2 Å². The van der Waals surface area contributed by atoms with Gasteiger partial charge in [0.05, 0.1) is 7.11 Å². The van der Waals surface area contributed by atoms with Crippen LogP contribution in [0.2, 0.25) is 0 Å². The second-order valence-electron chi connectivity index (χ2n) is 4.04. The Morgan fingerprint density at radius 3 is 2.55 bits per heavy atom. The average Bonchev–Trinajstić information content (AvgIpc) is 2.49. The van der Waals surface area contributed by atoms with Gasteiger partial charge in [0.1, 0.15) is 12.2 Å². The van der Waals surface area contributed by atoms with E-state index in [2.05, 4.69) is 4.74 Å². The van der Waals surface area contributed by atoms with Crippen molar-refractivity contribution in [3.63, 3.8) is 0 Å². The van der Waals surface area contributed by atoms with E-state index >= 15 is 0 Å². The van der Waals surface area contributed by atoms with Gasteiger partial charge in [0, 0.05) is 0 Å². The van der Waals surface area contributed by atoms with Crippen LogP contribution in [0.3, 0.4) is 0 Å². The smallest absolute Gasteiger partial charge is 0.341 e. The molecule has 0 aliphatic rings. The topological polar surface area (TPSA) is 55.8 Å². The lowest BCUT2D eigenvalue weighted by molar-refractivity contribution is 0.0594. The highest BCUT2D eigenvalue weighted by Crippen LogP contribution is 2.30. The predicted octanol–water partition coefficient (Wildman–Crippen LogP) is 2.90. The van der Waals surface area contributed by atoms with E-state index in [0.717, 1.165) is 11.6 Å². The number of carbonyl (C=O) groups excluding carboxylic acids is 1. The molecule has 0 fully saturated rings. The Bertz CT molecular complexity index is 611. The van der Waals surface area contributed by atoms with E-state index in [9.17, 15) is 14.3 Å². The second kappa shape index (κ2) is 6.06. The Morgan fingerprint density at radius 1 is 1.20 bits per heavy atom. The number of hydrogen-bond donors (Lipinski definition) is 1. The van der Waals surface area contributed by atoms with Crippen molar-refractivity contribution < 1.29 is 23.8 Å². The Labute approximate surface area is 115 Å². The Balaban J connectivity index is 2.29. The third-order valence-corrected chi connectivity index (χ3v) is 2.71. The minimum atomic E-state index is -0.983. The number of methoxy groups -OCH3 is 1. The van der Waals surface area contributed by atoms with Crippen molar-refractivity contribution in [2.45, 2.75) is 6.61 Å². The summed E-state index contributed by atoms with van der Waals surface area (Å²) < 4.78 is 23.8. The van der Waals surface area contributed by atoms with Gasteiger partial charge in [0.25, 0.3) is 0 Å². The molecule has 0 bridgehead atoms. The lowest BCUT2D eigenvalue weighted by atomic mass is 10.1. The first kappa shape index (κ1) is 13.9. The molecule has 0 heterocycles. The molecule has 4 nitrogen and oxygen atoms in total. The number of phenolic OH excluding ortho intramolecular Hbond substituents is 1. The van der Waals surface area contributed by atoms with Crippen molar-refractivity contribution in [2.75, 3.05) is 7.11 Å². The van der Waals surface area contributed by atoms with Crippen LogP contribution in [0.15, 0.2) is 42.5 Å². The van der Waals surface area contributed by atoms with Crippen molar-refractivity contribution in [3.05, 3.63) is 59.4 Å². The van der Waals surface area contributed by atoms with Crippen LogP contribution in [-0.2, 0) is 11.3 Å². The van der Waals surface area contributed by atoms with Gasteiger partial charge in [-0.25, -0.2) is 4.79 Å². The highest BCUT2D eigenvalue weighted by Gasteiger charge is 2.20. The molecule has 0 aromatic heterocycles. The van der Waals surface area contributed by atoms with Gasteiger partial charge in [-0.15, -0.1) is 0 Å². The molecule has 0 spiro atoms. The molecule has 0 aliphatic heterocycles. The summed E-state index contributed by atoms with van der Waals surface area (Å²) in [4.78, 5) is 11.6. The summed E-state index contributed by atoms with van der Waals surface area (Å²) in [6.45, 7) is 0.0746. The van der Waals surface area contributed by atoms with Crippen LogP contribution in [0.1, 0.15) is 15.9 Å². The lowest BCUT2D eigenvalue weighted by Gasteiger charge is -2.12. The summed E-state index contributed by atoms with van der Waals surface area (Å²) in [5.74, 6) is -2.61. The highest BCUT2D eigenvalue weighted by atomic mass is 19.1. The van der Waals surface area contributed by atoms with Crippen LogP contribution in [0.5, 0.6) is 11.5 Å². The fraction of sp³-hybridized carbons (Fsp3) is 0.133. The first-order valence-electron chi connectivity index (χ1n) is 5.90. The number of hydrogen-bond acceptors (Lipinski definition) is 4. The van der Waals surface area contributed by atoms with Crippen LogP contribution in [0.25, 0.3) is 0 Å². The summed E-state index contributed by atoms with van der Waals surface area (Å²) in [5.41, 5.74) is 0.741. The van der Waals surface area contributed by atoms with Gasteiger partial charge < -0.3 is 14.6 Å². The van der Waals surface area contributed by atoms with Crippen LogP contribution < -0.4 is 4.74 Å². The number of rotatable bonds is 4. The molecule has 20 heavy (non-hydrogen) atoms. The molecule has 2 aromatic rings. The summed E-state index contributed by atoms with van der Waals surface area (Å²) >= 11 is 0. The molecule has 2 rings (SSSR count). The molecule has 104 valence electrons. The number of ether oxygens (including phenoxy) is 2. The van der Waals surface area contributed by atoms with E-state index in [0.29, 0.717) is 0 Å². The maximum atomic E-state index is 13.9. The molecule has 0 radical (unpaired) electrons. The predicted molar refractivity (Wildman–Crippen MR) is 70.2 cm³/mol. The quantitative estimate of drug-likeness (QED) is 0.872. The summed E-state index contributed by atoms with van der Waals surface area (Å²) in [6.07, 6.45) is 0. The van der Waals surface area contributed by atoms with Crippen LogP contribution >= 0.6 is 0 Å². The third kappa shape index (κ3) is 2.88. The van der Waals surface area contributed by atoms with Crippen molar-refractivity contribution in [1.82, 2.24) is 0 Å². The van der Waals surface area contributed by atoms with Crippen molar-refractivity contribution in [2.24, 2.45) is 0 Å². The standard InChI is InChI=1S/C15H13FO4/c1-19-15(18)11-7-8-12(17)13(16)14(11)20-9-10-5-3-2-4-6-10/h2-8,17H,9H2,1H3. The van der Waals surface area contributed by atoms with Crippen LogP contribution in [0, 0.1) is 5.82 Å². The number of aromatic hydroxyl groups is 1. The molecule has 0 atom stereocenters. The number of benzene rings is 2. The average molecular weight is 276 g/mol. The van der Waals surface area contributed by atoms with E-state index in [4.69, 9.17) is 4.74 Å². The zero-order valence-corrected chi connectivity index (χ0v) is 10.8. The summed E-state index contributed by atoms with van der Waals surface area (Å²) in [7, 11) is 1.19. The van der Waals surface area contributed by atoms with Crippen molar-refractivity contribution >= 4 is 5.97 Å². The minimum Gasteiger partial charge on any atom is -0.505 e. The first-order chi connectivity index (χ1) is 9.63. The highest BCUT2D eigenvalue weighted by molar-refractivity contribution is 5.92. The third-order valence-electron chi connectivity index (χ3n) is 2.71. The molecule has 0 aliphatic carbocycles. The van der Waals surface area contributed by atoms with E-state index in [1.54, 1.807) is 12.1 Å². The number of halogens is 1. The molecular formula is C15H13FO4. The minimum absolute atomic E-state index is 0.0706. The van der Waals surface area contributed by atoms with Crippen molar-refractivity contribution in [3.8, 4) is 11.5 Å². The Morgan fingerprint density at radius 2 is 1.90 bits per heavy atom. The molecule has 0 saturated carbocycles. The molecule has 5 heteroatoms.